The molecule has 4 aromatic carbocycles. The SMILES string of the molecule is O=C([O-])C12OC1(C1CCCCC1)C1SC1C1=C2Cc2ccccc2O1.O=C([O-])C12OC1(C1CCCCC1)C1SC1C1=C2Cc2ccccc2O1.O=C([O-])C12OC1(C1CCCCC1)C1SC1C1=C2Cc2ccccc2O1.O=C([O-])C12OC1(C1CCCCC1)C1SC1C1=C2Cc2ccccc2O1.[W+4]. The largest absolute Gasteiger partial charge is 4.00 e. The van der Waals surface area contributed by atoms with E-state index in [2.05, 4.69) is 0 Å². The molecular weight excluding hydrogens is 1530 g/mol. The van der Waals surface area contributed by atoms with Gasteiger partial charge in [-0.25, -0.2) is 0 Å². The van der Waals surface area contributed by atoms with Crippen LogP contribution < -0.4 is 39.4 Å². The van der Waals surface area contributed by atoms with Crippen LogP contribution in [0.1, 0.15) is 151 Å². The zero-order valence-electron chi connectivity index (χ0n) is 55.7. The molecule has 16 atom stereocenters. The monoisotopic (exact) mass is 1600 g/mol. The first kappa shape index (κ1) is 65.4. The zero-order chi connectivity index (χ0) is 67.2. The molecule has 16 nitrogen and oxygen atoms in total. The summed E-state index contributed by atoms with van der Waals surface area (Å²) in [6, 6.07) is 31.6. The van der Waals surface area contributed by atoms with Gasteiger partial charge >= 0.3 is 21.1 Å². The van der Waals surface area contributed by atoms with Crippen molar-refractivity contribution in [2.45, 2.75) is 241 Å². The van der Waals surface area contributed by atoms with Gasteiger partial charge in [0.25, 0.3) is 0 Å². The third kappa shape index (κ3) is 8.68. The fraction of sp³-hybridized carbons (Fsp3) is 0.550. The topological polar surface area (TPSA) is 248 Å². The van der Waals surface area contributed by atoms with E-state index in [0.717, 1.165) is 142 Å². The van der Waals surface area contributed by atoms with Crippen LogP contribution in [0.2, 0.25) is 0 Å². The van der Waals surface area contributed by atoms with E-state index in [9.17, 15) is 39.6 Å². The molecular formula is C80H76O16S4W. The van der Waals surface area contributed by atoms with Gasteiger partial charge in [-0.05, 0) is 122 Å². The summed E-state index contributed by atoms with van der Waals surface area (Å²) in [5, 5.41) is 51.3. The molecule has 21 heteroatoms. The average molecular weight is 1610 g/mol. The van der Waals surface area contributed by atoms with Crippen LogP contribution >= 0.6 is 47.0 Å². The summed E-state index contributed by atoms with van der Waals surface area (Å²) in [5.74, 6) is 3.78. The van der Waals surface area contributed by atoms with Crippen molar-refractivity contribution in [2.24, 2.45) is 23.7 Å². The molecule has 522 valence electrons. The molecule has 0 spiro atoms. The van der Waals surface area contributed by atoms with Crippen molar-refractivity contribution in [3.05, 3.63) is 165 Å². The van der Waals surface area contributed by atoms with Crippen molar-refractivity contribution in [3.8, 4) is 23.0 Å². The Morgan fingerprint density at radius 3 is 0.703 bits per heavy atom. The van der Waals surface area contributed by atoms with Crippen LogP contribution in [-0.4, -0.2) is 111 Å². The second kappa shape index (κ2) is 22.9. The standard InChI is InChI=1S/4C20H20O4S.W/c4*21-18(22)20-13-10-11-6-4-5-9-14(11)23-15(13)16-17(25-16)19(20,24-20)12-7-2-1-3-8-12;/h4*4-6,9,12,16-17H,1-3,7-8,10H2,(H,21,22);/q;;;;+4/p-4. The third-order valence-corrected chi connectivity index (χ3v) is 32.7. The summed E-state index contributed by atoms with van der Waals surface area (Å²) >= 11 is 7.27. The minimum absolute atomic E-state index is 0. The van der Waals surface area contributed by atoms with Gasteiger partial charge in [0.1, 0.15) is 68.4 Å². The Morgan fingerprint density at radius 2 is 0.505 bits per heavy atom. The van der Waals surface area contributed by atoms with Gasteiger partial charge in [-0.2, -0.15) is 0 Å². The molecule has 4 saturated carbocycles. The van der Waals surface area contributed by atoms with E-state index in [1.807, 2.05) is 144 Å². The number of aliphatic carboxylic acids is 4. The maximum absolute atomic E-state index is 12.4. The van der Waals surface area contributed by atoms with Crippen LogP contribution in [-0.2, 0) is 84.9 Å². The molecule has 12 heterocycles. The normalized spacial score (nSPS) is 40.6. The molecule has 12 aliphatic heterocycles. The molecule has 20 aliphatic rings. The molecule has 0 amide bonds. The van der Waals surface area contributed by atoms with E-state index >= 15 is 0 Å². The summed E-state index contributed by atoms with van der Waals surface area (Å²) < 4.78 is 49.8. The average Bonchev–Trinajstić information content (AvgIpc) is 1.48. The number of carbonyl (C=O) groups excluding carboxylic acids is 4. The third-order valence-electron chi connectivity index (χ3n) is 27.1. The molecule has 8 aliphatic carbocycles. The molecule has 101 heavy (non-hydrogen) atoms. The van der Waals surface area contributed by atoms with Crippen LogP contribution in [0.4, 0.5) is 0 Å². The summed E-state index contributed by atoms with van der Waals surface area (Å²) in [6.07, 6.45) is 25.3. The molecule has 0 N–H and O–H groups in total. The van der Waals surface area contributed by atoms with Gasteiger partial charge in [-0.15, -0.1) is 47.0 Å². The maximum atomic E-state index is 12.4. The minimum Gasteiger partial charge on any atom is -0.546 e. The quantitative estimate of drug-likeness (QED) is 0.149. The van der Waals surface area contributed by atoms with E-state index < -0.39 is 68.7 Å². The molecule has 8 saturated heterocycles. The van der Waals surface area contributed by atoms with E-state index in [-0.39, 0.29) is 63.1 Å². The molecule has 12 fully saturated rings. The number of thioether (sulfide) groups is 4. The number of benzene rings is 4. The van der Waals surface area contributed by atoms with Crippen molar-refractivity contribution in [1.82, 2.24) is 0 Å². The van der Waals surface area contributed by atoms with E-state index in [0.29, 0.717) is 49.4 Å². The van der Waals surface area contributed by atoms with E-state index in [1.165, 1.54) is 77.0 Å². The molecule has 0 bridgehead atoms. The van der Waals surface area contributed by atoms with Crippen LogP contribution in [0.3, 0.4) is 0 Å². The summed E-state index contributed by atoms with van der Waals surface area (Å²) in [4.78, 5) is 49.4. The summed E-state index contributed by atoms with van der Waals surface area (Å²) in [6.45, 7) is 0. The first-order valence-electron chi connectivity index (χ1n) is 37.0. The summed E-state index contributed by atoms with van der Waals surface area (Å²) in [5.41, 5.74) is 0.169. The van der Waals surface area contributed by atoms with E-state index in [1.54, 1.807) is 0 Å². The number of hydrogen-bond donors (Lipinski definition) is 0. The van der Waals surface area contributed by atoms with Crippen LogP contribution in [0.5, 0.6) is 23.0 Å². The molecule has 24 rings (SSSR count). The Labute approximate surface area is 617 Å². The van der Waals surface area contributed by atoms with Crippen molar-refractivity contribution in [3.63, 3.8) is 0 Å². The molecule has 16 unspecified atom stereocenters. The Hall–Kier alpha value is -5.15. The first-order chi connectivity index (χ1) is 48.7. The Morgan fingerprint density at radius 1 is 0.307 bits per heavy atom. The maximum Gasteiger partial charge on any atom is 4.00 e. The Kier molecular flexibility index (Phi) is 14.8. The van der Waals surface area contributed by atoms with Gasteiger partial charge in [-0.3, -0.25) is 0 Å². The second-order valence-electron chi connectivity index (χ2n) is 31.6. The Bertz CT molecular complexity index is 3870. The number of ether oxygens (including phenoxy) is 8. The minimum atomic E-state index is -1.26. The van der Waals surface area contributed by atoms with Crippen molar-refractivity contribution in [2.75, 3.05) is 0 Å². The predicted molar refractivity (Wildman–Crippen MR) is 364 cm³/mol. The zero-order valence-corrected chi connectivity index (χ0v) is 61.9. The fourth-order valence-electron chi connectivity index (χ4n) is 22.5. The second-order valence-corrected chi connectivity index (χ2v) is 36.8. The number of para-hydroxylation sites is 4. The Balaban J connectivity index is 0.0000000902. The number of hydrogen-bond acceptors (Lipinski definition) is 20. The van der Waals surface area contributed by atoms with E-state index in [4.69, 9.17) is 37.9 Å². The van der Waals surface area contributed by atoms with Gasteiger partial charge < -0.3 is 77.5 Å². The van der Waals surface area contributed by atoms with Crippen molar-refractivity contribution in [1.29, 1.82) is 0 Å². The van der Waals surface area contributed by atoms with Crippen molar-refractivity contribution >= 4 is 70.9 Å². The van der Waals surface area contributed by atoms with Crippen molar-refractivity contribution < 1.29 is 98.6 Å². The molecule has 4 aromatic rings. The van der Waals surface area contributed by atoms with Gasteiger partial charge in [0.05, 0.1) is 65.9 Å². The van der Waals surface area contributed by atoms with Crippen LogP contribution in [0.15, 0.2) is 142 Å². The summed E-state index contributed by atoms with van der Waals surface area (Å²) in [7, 11) is 0. The van der Waals surface area contributed by atoms with Crippen LogP contribution in [0, 0.1) is 23.7 Å². The predicted octanol–water partition coefficient (Wildman–Crippen LogP) is 8.84. The molecule has 0 radical (unpaired) electrons. The van der Waals surface area contributed by atoms with Crippen LogP contribution in [0.25, 0.3) is 0 Å². The number of carbonyl (C=O) groups is 4. The number of epoxide rings is 4. The van der Waals surface area contributed by atoms with Gasteiger partial charge in [0.15, 0.2) is 22.4 Å². The van der Waals surface area contributed by atoms with Gasteiger partial charge in [-0.1, -0.05) is 150 Å². The molecule has 0 aromatic heterocycles. The van der Waals surface area contributed by atoms with Gasteiger partial charge in [0.2, 0.25) is 0 Å². The smallest absolute Gasteiger partial charge is 0.546 e. The number of carboxylic acids is 4. The number of carboxylic acid groups (broad SMARTS) is 4. The number of rotatable bonds is 8. The number of fused-ring (bicyclic) bond motifs is 24. The fourth-order valence-corrected chi connectivity index (χ4v) is 28.4. The first-order valence-corrected chi connectivity index (χ1v) is 40.8. The van der Waals surface area contributed by atoms with Gasteiger partial charge in [0, 0.05) is 48.0 Å².